The number of amides is 3. The van der Waals surface area contributed by atoms with Gasteiger partial charge in [-0.25, -0.2) is 0 Å². The molecule has 1 aliphatic rings. The fourth-order valence-electron chi connectivity index (χ4n) is 2.74. The number of aromatic amines is 2. The maximum Gasteiger partial charge on any atom is 0.270 e. The normalized spacial score (nSPS) is 13.0. The average molecular weight is 373 g/mol. The predicted molar refractivity (Wildman–Crippen MR) is 91.0 cm³/mol. The van der Waals surface area contributed by atoms with Crippen LogP contribution in [0.15, 0.2) is 29.1 Å². The van der Waals surface area contributed by atoms with Crippen LogP contribution in [0.2, 0.25) is 0 Å². The minimum absolute atomic E-state index is 0.00457. The Morgan fingerprint density at radius 3 is 2.52 bits per heavy atom. The van der Waals surface area contributed by atoms with Crippen LogP contribution in [-0.4, -0.2) is 44.3 Å². The van der Waals surface area contributed by atoms with E-state index >= 15 is 0 Å². The molecule has 1 aliphatic heterocycles. The molecule has 1 aromatic carbocycles. The number of hydrogen-bond donors (Lipinski definition) is 3. The molecular formula is C16H15N5O6. The van der Waals surface area contributed by atoms with Gasteiger partial charge in [0.1, 0.15) is 0 Å². The highest BCUT2D eigenvalue weighted by Crippen LogP contribution is 2.26. The van der Waals surface area contributed by atoms with Crippen LogP contribution >= 0.6 is 0 Å². The molecule has 140 valence electrons. The molecule has 2 aromatic rings. The zero-order valence-electron chi connectivity index (χ0n) is 14.0. The standard InChI is InChI=1S/C16H15N5O6/c22-13(17-8-9-6-14(23)19-18-9)2-1-5-20-15(24)11-4-3-10(21(26)27)7-12(11)16(20)25/h3-4,6-7H,1-2,5,8H2,(H,17,22)(H2,18,19,23). The van der Waals surface area contributed by atoms with Crippen LogP contribution in [0.4, 0.5) is 5.69 Å². The van der Waals surface area contributed by atoms with Crippen molar-refractivity contribution in [2.45, 2.75) is 19.4 Å². The number of nitro groups is 1. The number of aromatic nitrogens is 2. The number of benzene rings is 1. The quantitative estimate of drug-likeness (QED) is 0.360. The number of hydrogen-bond acceptors (Lipinski definition) is 6. The molecule has 3 N–H and O–H groups in total. The van der Waals surface area contributed by atoms with Crippen molar-refractivity contribution in [1.29, 1.82) is 0 Å². The summed E-state index contributed by atoms with van der Waals surface area (Å²) in [5.41, 5.74) is 0.0702. The van der Waals surface area contributed by atoms with Gasteiger partial charge in [0.15, 0.2) is 0 Å². The molecule has 11 nitrogen and oxygen atoms in total. The molecule has 3 amide bonds. The second-order valence-corrected chi connectivity index (χ2v) is 5.91. The molecule has 11 heteroatoms. The van der Waals surface area contributed by atoms with Gasteiger partial charge in [-0.3, -0.25) is 39.3 Å². The predicted octanol–water partition coefficient (Wildman–Crippen LogP) is 0.304. The lowest BCUT2D eigenvalue weighted by Gasteiger charge is -2.13. The van der Waals surface area contributed by atoms with Crippen molar-refractivity contribution >= 4 is 23.4 Å². The van der Waals surface area contributed by atoms with Gasteiger partial charge in [-0.1, -0.05) is 0 Å². The number of fused-ring (bicyclic) bond motifs is 1. The number of carbonyl (C=O) groups excluding carboxylic acids is 3. The number of rotatable bonds is 7. The van der Waals surface area contributed by atoms with E-state index in [9.17, 15) is 29.3 Å². The molecule has 0 radical (unpaired) electrons. The summed E-state index contributed by atoms with van der Waals surface area (Å²) in [6.07, 6.45) is 0.311. The highest BCUT2D eigenvalue weighted by molar-refractivity contribution is 6.21. The van der Waals surface area contributed by atoms with Gasteiger partial charge < -0.3 is 10.4 Å². The Morgan fingerprint density at radius 2 is 1.85 bits per heavy atom. The van der Waals surface area contributed by atoms with Gasteiger partial charge in [0, 0.05) is 31.2 Å². The minimum Gasteiger partial charge on any atom is -0.350 e. The van der Waals surface area contributed by atoms with Crippen molar-refractivity contribution in [3.8, 4) is 0 Å². The lowest BCUT2D eigenvalue weighted by atomic mass is 10.1. The summed E-state index contributed by atoms with van der Waals surface area (Å²) in [4.78, 5) is 58.5. The van der Waals surface area contributed by atoms with Crippen LogP contribution < -0.4 is 10.9 Å². The largest absolute Gasteiger partial charge is 0.350 e. The Labute approximate surface area is 151 Å². The maximum absolute atomic E-state index is 12.3. The number of nitrogens with one attached hydrogen (secondary N) is 3. The van der Waals surface area contributed by atoms with Crippen molar-refractivity contribution in [3.05, 3.63) is 61.6 Å². The van der Waals surface area contributed by atoms with E-state index < -0.39 is 16.7 Å². The third-order valence-corrected chi connectivity index (χ3v) is 4.08. The van der Waals surface area contributed by atoms with E-state index in [0.29, 0.717) is 5.69 Å². The highest BCUT2D eigenvalue weighted by Gasteiger charge is 2.36. The molecular weight excluding hydrogens is 358 g/mol. The summed E-state index contributed by atoms with van der Waals surface area (Å²) >= 11 is 0. The molecule has 27 heavy (non-hydrogen) atoms. The van der Waals surface area contributed by atoms with Crippen LogP contribution in [0.5, 0.6) is 0 Å². The molecule has 0 atom stereocenters. The summed E-state index contributed by atoms with van der Waals surface area (Å²) in [5.74, 6) is -1.44. The topological polar surface area (TPSA) is 158 Å². The van der Waals surface area contributed by atoms with Gasteiger partial charge in [0.2, 0.25) is 5.91 Å². The van der Waals surface area contributed by atoms with Crippen molar-refractivity contribution < 1.29 is 19.3 Å². The van der Waals surface area contributed by atoms with E-state index in [-0.39, 0.29) is 54.2 Å². The third kappa shape index (κ3) is 3.76. The Balaban J connectivity index is 1.53. The van der Waals surface area contributed by atoms with E-state index in [1.54, 1.807) is 0 Å². The zero-order valence-corrected chi connectivity index (χ0v) is 14.0. The molecule has 0 aliphatic carbocycles. The number of H-pyrrole nitrogens is 2. The zero-order chi connectivity index (χ0) is 19.6. The third-order valence-electron chi connectivity index (χ3n) is 4.08. The number of non-ortho nitro benzene ring substituents is 1. The number of imide groups is 1. The first-order valence-corrected chi connectivity index (χ1v) is 8.04. The highest BCUT2D eigenvalue weighted by atomic mass is 16.6. The van der Waals surface area contributed by atoms with E-state index in [2.05, 4.69) is 15.5 Å². The lowest BCUT2D eigenvalue weighted by molar-refractivity contribution is -0.384. The van der Waals surface area contributed by atoms with Crippen LogP contribution in [0.3, 0.4) is 0 Å². The van der Waals surface area contributed by atoms with E-state index in [1.165, 1.54) is 18.2 Å². The van der Waals surface area contributed by atoms with Crippen LogP contribution in [0.1, 0.15) is 39.3 Å². The number of nitro benzene ring substituents is 1. The average Bonchev–Trinajstić information content (AvgIpc) is 3.16. The maximum atomic E-state index is 12.3. The molecule has 2 heterocycles. The van der Waals surface area contributed by atoms with E-state index in [1.807, 2.05) is 0 Å². The van der Waals surface area contributed by atoms with E-state index in [0.717, 1.165) is 11.0 Å². The molecule has 0 saturated heterocycles. The van der Waals surface area contributed by atoms with Gasteiger partial charge in [-0.15, -0.1) is 0 Å². The van der Waals surface area contributed by atoms with Crippen LogP contribution in [0, 0.1) is 10.1 Å². The smallest absolute Gasteiger partial charge is 0.270 e. The summed E-state index contributed by atoms with van der Waals surface area (Å²) in [7, 11) is 0. The first-order chi connectivity index (χ1) is 12.9. The first-order valence-electron chi connectivity index (χ1n) is 8.04. The van der Waals surface area contributed by atoms with Gasteiger partial charge in [-0.2, -0.15) is 0 Å². The monoisotopic (exact) mass is 373 g/mol. The van der Waals surface area contributed by atoms with Gasteiger partial charge in [0.25, 0.3) is 23.1 Å². The van der Waals surface area contributed by atoms with Crippen molar-refractivity contribution in [1.82, 2.24) is 20.4 Å². The van der Waals surface area contributed by atoms with Crippen molar-refractivity contribution in [2.75, 3.05) is 6.54 Å². The second kappa shape index (κ2) is 7.23. The van der Waals surface area contributed by atoms with Crippen LogP contribution in [0.25, 0.3) is 0 Å². The lowest BCUT2D eigenvalue weighted by Crippen LogP contribution is -2.32. The molecule has 0 bridgehead atoms. The Morgan fingerprint density at radius 1 is 1.11 bits per heavy atom. The Hall–Kier alpha value is -3.76. The van der Waals surface area contributed by atoms with Gasteiger partial charge >= 0.3 is 0 Å². The van der Waals surface area contributed by atoms with Crippen molar-refractivity contribution in [3.63, 3.8) is 0 Å². The molecule has 1 aromatic heterocycles. The summed E-state index contributed by atoms with van der Waals surface area (Å²) < 4.78 is 0. The molecule has 0 spiro atoms. The van der Waals surface area contributed by atoms with Crippen molar-refractivity contribution in [2.24, 2.45) is 0 Å². The Bertz CT molecular complexity index is 991. The molecule has 0 fully saturated rings. The molecule has 0 saturated carbocycles. The molecule has 3 rings (SSSR count). The Kier molecular flexibility index (Phi) is 4.83. The summed E-state index contributed by atoms with van der Waals surface area (Å²) in [6.45, 7) is 0.169. The number of nitrogens with zero attached hydrogens (tertiary/aromatic N) is 2. The molecule has 0 unspecified atom stereocenters. The fraction of sp³-hybridized carbons (Fsp3) is 0.250. The first kappa shape index (κ1) is 18.0. The minimum atomic E-state index is -0.636. The summed E-state index contributed by atoms with van der Waals surface area (Å²) in [5, 5.41) is 18.4. The SMILES string of the molecule is O=C(CCCN1C(=O)c2ccc([N+](=O)[O-])cc2C1=O)NCc1cc(=O)[nH][nH]1. The number of carbonyl (C=O) groups is 3. The second-order valence-electron chi connectivity index (χ2n) is 5.91. The van der Waals surface area contributed by atoms with E-state index in [4.69, 9.17) is 0 Å². The fourth-order valence-corrected chi connectivity index (χ4v) is 2.74. The summed E-state index contributed by atoms with van der Waals surface area (Å²) in [6, 6.07) is 4.84. The van der Waals surface area contributed by atoms with Crippen LogP contribution in [-0.2, 0) is 11.3 Å². The van der Waals surface area contributed by atoms with Gasteiger partial charge in [0.05, 0.1) is 28.3 Å². The van der Waals surface area contributed by atoms with Gasteiger partial charge in [-0.05, 0) is 12.5 Å².